The second kappa shape index (κ2) is 7.69. The van der Waals surface area contributed by atoms with Gasteiger partial charge in [0.1, 0.15) is 10.8 Å². The number of nitro benzene ring substituents is 1. The highest BCUT2D eigenvalue weighted by atomic mass is 35.5. The highest BCUT2D eigenvalue weighted by molar-refractivity contribution is 6.32. The summed E-state index contributed by atoms with van der Waals surface area (Å²) in [5, 5.41) is 11.7. The number of benzene rings is 3. The lowest BCUT2D eigenvalue weighted by Gasteiger charge is -2.11. The summed E-state index contributed by atoms with van der Waals surface area (Å²) in [7, 11) is 0. The van der Waals surface area contributed by atoms with E-state index < -0.39 is 4.92 Å². The predicted molar refractivity (Wildman–Crippen MR) is 114 cm³/mol. The van der Waals surface area contributed by atoms with Crippen LogP contribution in [0.15, 0.2) is 77.6 Å². The van der Waals surface area contributed by atoms with Crippen molar-refractivity contribution in [1.82, 2.24) is 9.55 Å². The summed E-state index contributed by atoms with van der Waals surface area (Å²) in [5.74, 6) is 0.414. The number of nitrogens with zero attached hydrogens (tertiary/aromatic N) is 3. The molecule has 0 spiro atoms. The van der Waals surface area contributed by atoms with Crippen molar-refractivity contribution in [2.75, 3.05) is 0 Å². The summed E-state index contributed by atoms with van der Waals surface area (Å²) in [4.78, 5) is 28.3. The van der Waals surface area contributed by atoms with E-state index in [0.717, 1.165) is 0 Å². The molecule has 0 saturated heterocycles. The van der Waals surface area contributed by atoms with E-state index >= 15 is 0 Å². The molecule has 0 N–H and O–H groups in total. The minimum atomic E-state index is -0.534. The minimum Gasteiger partial charge on any atom is -0.268 e. The van der Waals surface area contributed by atoms with Gasteiger partial charge in [-0.1, -0.05) is 54.1 Å². The fraction of sp³-hybridized carbons (Fsp3) is 0. The maximum absolute atomic E-state index is 13.1. The summed E-state index contributed by atoms with van der Waals surface area (Å²) in [5.41, 5.74) is 1.45. The van der Waals surface area contributed by atoms with Crippen molar-refractivity contribution in [3.05, 3.63) is 110 Å². The molecular weight excluding hydrogens is 390 g/mol. The largest absolute Gasteiger partial charge is 0.288 e. The van der Waals surface area contributed by atoms with Crippen molar-refractivity contribution in [1.29, 1.82) is 0 Å². The zero-order valence-corrected chi connectivity index (χ0v) is 15.8. The first-order valence-corrected chi connectivity index (χ1v) is 9.11. The number of nitro groups is 1. The van der Waals surface area contributed by atoms with E-state index in [1.165, 1.54) is 16.7 Å². The molecule has 0 unspecified atom stereocenters. The normalized spacial score (nSPS) is 11.2. The lowest BCUT2D eigenvalue weighted by molar-refractivity contribution is -0.384. The van der Waals surface area contributed by atoms with Gasteiger partial charge in [0.05, 0.1) is 21.5 Å². The van der Waals surface area contributed by atoms with Crippen molar-refractivity contribution < 1.29 is 4.92 Å². The van der Waals surface area contributed by atoms with E-state index in [2.05, 4.69) is 4.98 Å². The average molecular weight is 404 g/mol. The van der Waals surface area contributed by atoms with Crippen LogP contribution in [0.3, 0.4) is 0 Å². The van der Waals surface area contributed by atoms with Gasteiger partial charge in [-0.15, -0.1) is 0 Å². The van der Waals surface area contributed by atoms with Crippen molar-refractivity contribution in [3.8, 4) is 5.69 Å². The van der Waals surface area contributed by atoms with E-state index in [-0.39, 0.29) is 16.3 Å². The Morgan fingerprint density at radius 3 is 2.45 bits per heavy atom. The second-order valence-electron chi connectivity index (χ2n) is 6.26. The number of para-hydroxylation sites is 2. The van der Waals surface area contributed by atoms with Crippen molar-refractivity contribution in [3.63, 3.8) is 0 Å². The Bertz CT molecular complexity index is 1310. The van der Waals surface area contributed by atoms with Gasteiger partial charge in [-0.05, 0) is 42.0 Å². The molecular formula is C22H14ClN3O3. The molecule has 4 aromatic rings. The maximum atomic E-state index is 13.1. The van der Waals surface area contributed by atoms with E-state index in [1.807, 2.05) is 36.4 Å². The van der Waals surface area contributed by atoms with Gasteiger partial charge in [0, 0.05) is 6.07 Å². The Labute approximate surface area is 170 Å². The molecule has 0 aliphatic rings. The Morgan fingerprint density at radius 1 is 0.966 bits per heavy atom. The van der Waals surface area contributed by atoms with Crippen LogP contribution in [0.25, 0.3) is 28.7 Å². The second-order valence-corrected chi connectivity index (χ2v) is 6.67. The Kier molecular flexibility index (Phi) is 4.93. The molecule has 4 rings (SSSR count). The van der Waals surface area contributed by atoms with E-state index in [9.17, 15) is 14.9 Å². The third-order valence-corrected chi connectivity index (χ3v) is 4.73. The van der Waals surface area contributed by atoms with Crippen molar-refractivity contribution in [2.45, 2.75) is 0 Å². The smallest absolute Gasteiger partial charge is 0.268 e. The number of rotatable bonds is 4. The Hall–Kier alpha value is -3.77. The zero-order chi connectivity index (χ0) is 20.4. The summed E-state index contributed by atoms with van der Waals surface area (Å²) in [6, 6.07) is 20.8. The molecule has 0 aliphatic carbocycles. The predicted octanol–water partition coefficient (Wildman–Crippen LogP) is 5.12. The molecule has 0 saturated carbocycles. The van der Waals surface area contributed by atoms with Crippen LogP contribution in [0.4, 0.5) is 5.69 Å². The number of hydrogen-bond acceptors (Lipinski definition) is 4. The number of halogens is 1. The third-order valence-electron chi connectivity index (χ3n) is 4.41. The van der Waals surface area contributed by atoms with Gasteiger partial charge < -0.3 is 0 Å². The topological polar surface area (TPSA) is 78.0 Å². The van der Waals surface area contributed by atoms with Gasteiger partial charge in [0.25, 0.3) is 11.2 Å². The Morgan fingerprint density at radius 2 is 1.69 bits per heavy atom. The van der Waals surface area contributed by atoms with E-state index in [0.29, 0.717) is 28.0 Å². The summed E-state index contributed by atoms with van der Waals surface area (Å²) >= 11 is 5.88. The molecule has 0 atom stereocenters. The molecule has 0 radical (unpaired) electrons. The summed E-state index contributed by atoms with van der Waals surface area (Å²) < 4.78 is 1.52. The van der Waals surface area contributed by atoms with Crippen LogP contribution >= 0.6 is 11.6 Å². The van der Waals surface area contributed by atoms with Crippen molar-refractivity contribution in [2.24, 2.45) is 0 Å². The minimum absolute atomic E-state index is 0.0668. The SMILES string of the molecule is O=c1c2ccccc2nc(/C=C/c2ccc(Cl)c([N+](=O)[O-])c2)n1-c1ccccc1. The molecule has 0 bridgehead atoms. The van der Waals surface area contributed by atoms with Crippen LogP contribution in [-0.2, 0) is 0 Å². The van der Waals surface area contributed by atoms with Crippen LogP contribution in [0.1, 0.15) is 11.4 Å². The molecule has 0 fully saturated rings. The van der Waals surface area contributed by atoms with Gasteiger partial charge in [-0.2, -0.15) is 0 Å². The molecule has 142 valence electrons. The monoisotopic (exact) mass is 403 g/mol. The van der Waals surface area contributed by atoms with Gasteiger partial charge >= 0.3 is 0 Å². The van der Waals surface area contributed by atoms with Crippen LogP contribution in [0.2, 0.25) is 5.02 Å². The van der Waals surface area contributed by atoms with E-state index in [1.54, 1.807) is 36.4 Å². The molecule has 0 aliphatic heterocycles. The van der Waals surface area contributed by atoms with E-state index in [4.69, 9.17) is 11.6 Å². The number of fused-ring (bicyclic) bond motifs is 1. The highest BCUT2D eigenvalue weighted by Crippen LogP contribution is 2.26. The summed E-state index contributed by atoms with van der Waals surface area (Å²) in [6.07, 6.45) is 3.33. The van der Waals surface area contributed by atoms with Crippen LogP contribution in [0.5, 0.6) is 0 Å². The first kappa shape index (κ1) is 18.6. The van der Waals surface area contributed by atoms with Gasteiger partial charge in [-0.3, -0.25) is 19.5 Å². The van der Waals surface area contributed by atoms with Crippen LogP contribution < -0.4 is 5.56 Å². The first-order chi connectivity index (χ1) is 14.0. The highest BCUT2D eigenvalue weighted by Gasteiger charge is 2.13. The molecule has 1 heterocycles. The fourth-order valence-electron chi connectivity index (χ4n) is 3.03. The number of aromatic nitrogens is 2. The molecule has 3 aromatic carbocycles. The maximum Gasteiger partial charge on any atom is 0.288 e. The van der Waals surface area contributed by atoms with Crippen LogP contribution in [0, 0.1) is 10.1 Å². The third kappa shape index (κ3) is 3.66. The Balaban J connectivity index is 1.89. The zero-order valence-electron chi connectivity index (χ0n) is 15.0. The van der Waals surface area contributed by atoms with Gasteiger partial charge in [0.2, 0.25) is 0 Å². The fourth-order valence-corrected chi connectivity index (χ4v) is 3.22. The molecule has 6 nitrogen and oxygen atoms in total. The summed E-state index contributed by atoms with van der Waals surface area (Å²) in [6.45, 7) is 0. The first-order valence-electron chi connectivity index (χ1n) is 8.74. The molecule has 0 amide bonds. The molecule has 29 heavy (non-hydrogen) atoms. The standard InChI is InChI=1S/C22H14ClN3O3/c23-18-12-10-15(14-20(18)26(28)29)11-13-21-24-19-9-5-4-8-17(19)22(27)25(21)16-6-2-1-3-7-16/h1-14H/b13-11+. The molecule has 7 heteroatoms. The van der Waals surface area contributed by atoms with Crippen LogP contribution in [-0.4, -0.2) is 14.5 Å². The lowest BCUT2D eigenvalue weighted by Crippen LogP contribution is -2.22. The lowest BCUT2D eigenvalue weighted by atomic mass is 10.1. The van der Waals surface area contributed by atoms with Gasteiger partial charge in [-0.25, -0.2) is 4.98 Å². The van der Waals surface area contributed by atoms with Gasteiger partial charge in [0.15, 0.2) is 0 Å². The van der Waals surface area contributed by atoms with Crippen molar-refractivity contribution >= 4 is 40.3 Å². The quantitative estimate of drug-likeness (QED) is 0.350. The molecule has 1 aromatic heterocycles. The average Bonchev–Trinajstić information content (AvgIpc) is 2.73. The number of hydrogen-bond donors (Lipinski definition) is 0.